The van der Waals surface area contributed by atoms with Gasteiger partial charge in [-0.15, -0.1) is 0 Å². The second-order valence-corrected chi connectivity index (χ2v) is 17.4. The van der Waals surface area contributed by atoms with E-state index in [1.165, 1.54) is 35.1 Å². The number of hydrogen-bond acceptors (Lipinski definition) is 5. The van der Waals surface area contributed by atoms with E-state index in [-0.39, 0.29) is 27.4 Å². The number of rotatable bonds is 9. The van der Waals surface area contributed by atoms with Gasteiger partial charge in [0.1, 0.15) is 11.5 Å². The summed E-state index contributed by atoms with van der Waals surface area (Å²) in [5, 5.41) is 11.3. The first-order chi connectivity index (χ1) is 22.2. The van der Waals surface area contributed by atoms with E-state index < -0.39 is 0 Å². The zero-order valence-corrected chi connectivity index (χ0v) is 31.9. The summed E-state index contributed by atoms with van der Waals surface area (Å²) in [5.74, 6) is 2.35. The molecule has 5 nitrogen and oxygen atoms in total. The monoisotopic (exact) mass is 649 g/mol. The van der Waals surface area contributed by atoms with Crippen LogP contribution < -0.4 is 4.74 Å². The predicted octanol–water partition coefficient (Wildman–Crippen LogP) is 11.7. The summed E-state index contributed by atoms with van der Waals surface area (Å²) in [6.07, 6.45) is 4.51. The van der Waals surface area contributed by atoms with E-state index in [1.54, 1.807) is 6.07 Å². The molecule has 3 aromatic carbocycles. The molecule has 0 amide bonds. The van der Waals surface area contributed by atoms with Crippen molar-refractivity contribution in [2.45, 2.75) is 137 Å². The van der Waals surface area contributed by atoms with Crippen LogP contribution in [0, 0.1) is 0 Å². The maximum atomic E-state index is 11.3. The van der Waals surface area contributed by atoms with E-state index in [9.17, 15) is 5.11 Å². The summed E-state index contributed by atoms with van der Waals surface area (Å²) in [4.78, 5) is 15.4. The molecule has 5 heteroatoms. The van der Waals surface area contributed by atoms with E-state index >= 15 is 0 Å². The normalized spacial score (nSPS) is 12.8. The van der Waals surface area contributed by atoms with Crippen LogP contribution in [-0.4, -0.2) is 26.7 Å². The Hall–Kier alpha value is -3.73. The Kier molecular flexibility index (Phi) is 10.8. The van der Waals surface area contributed by atoms with Crippen molar-refractivity contribution in [2.75, 3.05) is 6.61 Å². The fourth-order valence-corrected chi connectivity index (χ4v) is 5.90. The molecular formula is C43H59N3O2. The number of phenols is 1. The Morgan fingerprint density at radius 1 is 0.521 bits per heavy atom. The summed E-state index contributed by atoms with van der Waals surface area (Å²) in [6.45, 7) is 29.7. The maximum absolute atomic E-state index is 11.3. The number of unbranched alkanes of at least 4 members (excludes halogenated alkanes) is 3. The first kappa shape index (κ1) is 37.1. The van der Waals surface area contributed by atoms with E-state index in [0.29, 0.717) is 35.4 Å². The van der Waals surface area contributed by atoms with Crippen molar-refractivity contribution in [2.24, 2.45) is 0 Å². The molecule has 0 aliphatic carbocycles. The van der Waals surface area contributed by atoms with Crippen molar-refractivity contribution in [1.82, 2.24) is 15.0 Å². The zero-order chi connectivity index (χ0) is 35.7. The Morgan fingerprint density at radius 3 is 1.35 bits per heavy atom. The highest BCUT2D eigenvalue weighted by Gasteiger charge is 2.28. The fourth-order valence-electron chi connectivity index (χ4n) is 5.90. The van der Waals surface area contributed by atoms with E-state index in [0.717, 1.165) is 24.0 Å². The van der Waals surface area contributed by atoms with E-state index in [2.05, 4.69) is 126 Å². The topological polar surface area (TPSA) is 68.1 Å². The van der Waals surface area contributed by atoms with E-state index in [4.69, 9.17) is 19.7 Å². The van der Waals surface area contributed by atoms with Gasteiger partial charge in [-0.25, -0.2) is 15.0 Å². The van der Waals surface area contributed by atoms with Gasteiger partial charge >= 0.3 is 0 Å². The Labute approximate surface area is 290 Å². The third-order valence-electron chi connectivity index (χ3n) is 8.98. The van der Waals surface area contributed by atoms with Crippen LogP contribution in [0.4, 0.5) is 0 Å². The van der Waals surface area contributed by atoms with Gasteiger partial charge in [-0.3, -0.25) is 0 Å². The average Bonchev–Trinajstić information content (AvgIpc) is 2.98. The molecule has 0 bridgehead atoms. The van der Waals surface area contributed by atoms with Crippen LogP contribution in [0.2, 0.25) is 0 Å². The molecule has 0 saturated heterocycles. The molecule has 1 aromatic heterocycles. The van der Waals surface area contributed by atoms with Crippen molar-refractivity contribution in [3.05, 3.63) is 76.9 Å². The molecule has 0 aliphatic heterocycles. The number of benzene rings is 3. The van der Waals surface area contributed by atoms with Gasteiger partial charge in [-0.05, 0) is 62.5 Å². The van der Waals surface area contributed by atoms with Crippen LogP contribution in [0.5, 0.6) is 11.5 Å². The van der Waals surface area contributed by atoms with Gasteiger partial charge in [0.05, 0.1) is 12.2 Å². The number of nitrogens with zero attached hydrogens (tertiary/aromatic N) is 3. The largest absolute Gasteiger partial charge is 0.507 e. The fraction of sp³-hybridized carbons (Fsp3) is 0.512. The van der Waals surface area contributed by atoms with E-state index in [1.807, 2.05) is 12.1 Å². The lowest BCUT2D eigenvalue weighted by Gasteiger charge is -2.28. The Morgan fingerprint density at radius 2 is 0.958 bits per heavy atom. The highest BCUT2D eigenvalue weighted by molar-refractivity contribution is 5.73. The number of phenolic OH excluding ortho intramolecular Hbond substituents is 1. The predicted molar refractivity (Wildman–Crippen MR) is 202 cm³/mol. The number of hydrogen-bond donors (Lipinski definition) is 1. The maximum Gasteiger partial charge on any atom is 0.167 e. The first-order valence-corrected chi connectivity index (χ1v) is 17.7. The second-order valence-electron chi connectivity index (χ2n) is 17.4. The molecule has 258 valence electrons. The third kappa shape index (κ3) is 8.84. The highest BCUT2D eigenvalue weighted by atomic mass is 16.5. The lowest BCUT2D eigenvalue weighted by molar-refractivity contribution is 0.303. The molecule has 0 spiro atoms. The molecule has 48 heavy (non-hydrogen) atoms. The zero-order valence-electron chi connectivity index (χ0n) is 31.9. The van der Waals surface area contributed by atoms with Crippen LogP contribution in [-0.2, 0) is 21.7 Å². The Bertz CT molecular complexity index is 1630. The van der Waals surface area contributed by atoms with Gasteiger partial charge in [-0.1, -0.05) is 146 Å². The first-order valence-electron chi connectivity index (χ1n) is 17.7. The summed E-state index contributed by atoms with van der Waals surface area (Å²) in [5.41, 5.74) is 7.03. The van der Waals surface area contributed by atoms with Crippen LogP contribution in [0.3, 0.4) is 0 Å². The summed E-state index contributed by atoms with van der Waals surface area (Å²) < 4.78 is 5.98. The summed E-state index contributed by atoms with van der Waals surface area (Å²) in [6, 6.07) is 18.8. The van der Waals surface area contributed by atoms with Crippen molar-refractivity contribution < 1.29 is 9.84 Å². The summed E-state index contributed by atoms with van der Waals surface area (Å²) >= 11 is 0. The standard InChI is InChI=1S/C43H59N3O2/c1-14-15-16-17-24-48-30-20-23-33(36(47)27-30)39-45-37(31-21-18-28(40(2,3)4)25-34(31)42(8,9)10)44-38(46-39)32-22-19-29(41(5,6)7)26-35(32)43(11,12)13/h18-23,25-27,47H,14-17,24H2,1-13H3. The van der Waals surface area contributed by atoms with Gasteiger partial charge in [0.25, 0.3) is 0 Å². The van der Waals surface area contributed by atoms with Crippen molar-refractivity contribution in [1.29, 1.82) is 0 Å². The number of ether oxygens (including phenoxy) is 1. The van der Waals surface area contributed by atoms with Gasteiger partial charge in [0.15, 0.2) is 17.5 Å². The Balaban J connectivity index is 1.96. The minimum atomic E-state index is -0.160. The minimum Gasteiger partial charge on any atom is -0.507 e. The third-order valence-corrected chi connectivity index (χ3v) is 8.98. The smallest absolute Gasteiger partial charge is 0.167 e. The molecule has 0 saturated carbocycles. The van der Waals surface area contributed by atoms with Crippen LogP contribution in [0.1, 0.15) is 138 Å². The number of aromatic nitrogens is 3. The van der Waals surface area contributed by atoms with Crippen LogP contribution >= 0.6 is 0 Å². The van der Waals surface area contributed by atoms with Crippen molar-refractivity contribution >= 4 is 0 Å². The molecule has 0 fully saturated rings. The molecule has 0 radical (unpaired) electrons. The van der Waals surface area contributed by atoms with Gasteiger partial charge in [0.2, 0.25) is 0 Å². The molecule has 0 atom stereocenters. The van der Waals surface area contributed by atoms with Gasteiger partial charge < -0.3 is 9.84 Å². The SMILES string of the molecule is CCCCCCOc1ccc(-c2nc(-c3ccc(C(C)(C)C)cc3C(C)(C)C)nc(-c3ccc(C(C)(C)C)cc3C(C)(C)C)n2)c(O)c1. The highest BCUT2D eigenvalue weighted by Crippen LogP contribution is 2.40. The lowest BCUT2D eigenvalue weighted by atomic mass is 9.78. The average molecular weight is 650 g/mol. The van der Waals surface area contributed by atoms with Gasteiger partial charge in [0, 0.05) is 17.2 Å². The molecule has 4 aromatic rings. The second kappa shape index (κ2) is 14.0. The van der Waals surface area contributed by atoms with Gasteiger partial charge in [-0.2, -0.15) is 0 Å². The molecular weight excluding hydrogens is 590 g/mol. The quantitative estimate of drug-likeness (QED) is 0.183. The van der Waals surface area contributed by atoms with Crippen molar-refractivity contribution in [3.8, 4) is 45.7 Å². The van der Waals surface area contributed by atoms with Crippen LogP contribution in [0.25, 0.3) is 34.2 Å². The minimum absolute atomic E-state index is 0.00400. The molecule has 0 aliphatic rings. The van der Waals surface area contributed by atoms with Crippen LogP contribution in [0.15, 0.2) is 54.6 Å². The van der Waals surface area contributed by atoms with Crippen molar-refractivity contribution in [3.63, 3.8) is 0 Å². The lowest BCUT2D eigenvalue weighted by Crippen LogP contribution is -2.19. The molecule has 0 unspecified atom stereocenters. The molecule has 1 heterocycles. The molecule has 4 rings (SSSR count). The number of aromatic hydroxyl groups is 1. The molecule has 1 N–H and O–H groups in total. The summed E-state index contributed by atoms with van der Waals surface area (Å²) in [7, 11) is 0.